The number of carbonyl (C=O) groups excluding carboxylic acids is 1. The number of ether oxygens (including phenoxy) is 1. The summed E-state index contributed by atoms with van der Waals surface area (Å²) in [6.07, 6.45) is 1.70. The molecular formula is C23H25FN4O2. The molecule has 1 N–H and O–H groups in total. The first kappa shape index (κ1) is 20.3. The highest BCUT2D eigenvalue weighted by atomic mass is 19.1. The van der Waals surface area contributed by atoms with Gasteiger partial charge in [-0.1, -0.05) is 23.8 Å². The maximum absolute atomic E-state index is 13.3. The Morgan fingerprint density at radius 2 is 1.93 bits per heavy atom. The van der Waals surface area contributed by atoms with Crippen LogP contribution in [0.1, 0.15) is 15.9 Å². The van der Waals surface area contributed by atoms with E-state index in [0.717, 1.165) is 44.0 Å². The van der Waals surface area contributed by atoms with Crippen LogP contribution >= 0.6 is 0 Å². The number of aromatic nitrogens is 2. The van der Waals surface area contributed by atoms with Crippen LogP contribution in [0.2, 0.25) is 0 Å². The zero-order chi connectivity index (χ0) is 20.9. The van der Waals surface area contributed by atoms with Gasteiger partial charge < -0.3 is 10.1 Å². The van der Waals surface area contributed by atoms with Crippen LogP contribution in [0.5, 0.6) is 0 Å². The quantitative estimate of drug-likeness (QED) is 0.681. The number of hydrogen-bond donors (Lipinski definition) is 1. The summed E-state index contributed by atoms with van der Waals surface area (Å²) < 4.78 is 20.3. The van der Waals surface area contributed by atoms with E-state index < -0.39 is 0 Å². The molecule has 1 saturated heterocycles. The number of amides is 1. The van der Waals surface area contributed by atoms with Crippen molar-refractivity contribution in [1.82, 2.24) is 20.0 Å². The van der Waals surface area contributed by atoms with Gasteiger partial charge in [-0.15, -0.1) is 0 Å². The Morgan fingerprint density at radius 1 is 1.17 bits per heavy atom. The highest BCUT2D eigenvalue weighted by Crippen LogP contribution is 2.24. The highest BCUT2D eigenvalue weighted by Gasteiger charge is 2.19. The van der Waals surface area contributed by atoms with Crippen LogP contribution in [0.3, 0.4) is 0 Å². The van der Waals surface area contributed by atoms with Crippen molar-refractivity contribution < 1.29 is 13.9 Å². The van der Waals surface area contributed by atoms with Crippen LogP contribution in [0, 0.1) is 12.7 Å². The second-order valence-corrected chi connectivity index (χ2v) is 7.39. The van der Waals surface area contributed by atoms with Crippen molar-refractivity contribution in [2.24, 2.45) is 0 Å². The summed E-state index contributed by atoms with van der Waals surface area (Å²) in [5.74, 6) is -0.487. The lowest BCUT2D eigenvalue weighted by Gasteiger charge is -2.26. The Hall–Kier alpha value is -3.03. The molecule has 156 valence electrons. The van der Waals surface area contributed by atoms with E-state index in [-0.39, 0.29) is 11.7 Å². The minimum Gasteiger partial charge on any atom is -0.379 e. The van der Waals surface area contributed by atoms with E-state index >= 15 is 0 Å². The molecule has 3 aromatic rings. The van der Waals surface area contributed by atoms with Gasteiger partial charge in [0, 0.05) is 37.9 Å². The van der Waals surface area contributed by atoms with Gasteiger partial charge in [0.05, 0.1) is 24.5 Å². The predicted molar refractivity (Wildman–Crippen MR) is 113 cm³/mol. The molecule has 1 amide bonds. The molecule has 0 unspecified atom stereocenters. The first-order chi connectivity index (χ1) is 14.6. The smallest absolute Gasteiger partial charge is 0.255 e. The van der Waals surface area contributed by atoms with E-state index in [1.165, 1.54) is 12.1 Å². The van der Waals surface area contributed by atoms with Crippen molar-refractivity contribution in [2.75, 3.05) is 39.4 Å². The molecule has 1 aromatic heterocycles. The van der Waals surface area contributed by atoms with Gasteiger partial charge in [-0.3, -0.25) is 9.69 Å². The van der Waals surface area contributed by atoms with Crippen LogP contribution in [-0.4, -0.2) is 60.0 Å². The maximum atomic E-state index is 13.3. The molecule has 0 spiro atoms. The molecule has 30 heavy (non-hydrogen) atoms. The van der Waals surface area contributed by atoms with Gasteiger partial charge in [0.25, 0.3) is 5.91 Å². The Bertz CT molecular complexity index is 1010. The van der Waals surface area contributed by atoms with Crippen molar-refractivity contribution in [3.05, 3.63) is 71.7 Å². The number of hydrogen-bond acceptors (Lipinski definition) is 4. The number of benzene rings is 2. The van der Waals surface area contributed by atoms with Crippen LogP contribution in [0.25, 0.3) is 16.9 Å². The van der Waals surface area contributed by atoms with E-state index in [9.17, 15) is 9.18 Å². The van der Waals surface area contributed by atoms with Crippen molar-refractivity contribution in [3.63, 3.8) is 0 Å². The third-order valence-electron chi connectivity index (χ3n) is 5.16. The second-order valence-electron chi connectivity index (χ2n) is 7.39. The Labute approximate surface area is 175 Å². The molecule has 2 heterocycles. The molecule has 0 aliphatic carbocycles. The standard InChI is InChI=1S/C23H25FN4O2/c1-17-3-2-4-18(15-17)22-21(16-28(26-22)20-7-5-19(24)6-8-20)23(29)25-9-10-27-11-13-30-14-12-27/h2-8,15-16H,9-14H2,1H3,(H,25,29). The minimum atomic E-state index is -0.314. The van der Waals surface area contributed by atoms with E-state index in [1.807, 2.05) is 31.2 Å². The number of morpholine rings is 1. The number of carbonyl (C=O) groups is 1. The maximum Gasteiger partial charge on any atom is 0.255 e. The van der Waals surface area contributed by atoms with Crippen LogP contribution < -0.4 is 5.32 Å². The number of aryl methyl sites for hydroxylation is 1. The third-order valence-corrected chi connectivity index (χ3v) is 5.16. The molecule has 2 aromatic carbocycles. The largest absolute Gasteiger partial charge is 0.379 e. The lowest BCUT2D eigenvalue weighted by Crippen LogP contribution is -2.41. The van der Waals surface area contributed by atoms with Gasteiger partial charge in [0.15, 0.2) is 0 Å². The summed E-state index contributed by atoms with van der Waals surface area (Å²) in [6, 6.07) is 13.9. The van der Waals surface area contributed by atoms with Gasteiger partial charge in [-0.2, -0.15) is 5.10 Å². The summed E-state index contributed by atoms with van der Waals surface area (Å²) in [6.45, 7) is 6.56. The third kappa shape index (κ3) is 4.75. The van der Waals surface area contributed by atoms with Crippen molar-refractivity contribution >= 4 is 5.91 Å². The molecule has 4 rings (SSSR count). The molecule has 7 heteroatoms. The fourth-order valence-corrected chi connectivity index (χ4v) is 3.52. The first-order valence-electron chi connectivity index (χ1n) is 10.1. The summed E-state index contributed by atoms with van der Waals surface area (Å²) in [5, 5.41) is 7.66. The number of halogens is 1. The summed E-state index contributed by atoms with van der Waals surface area (Å²) in [5.41, 5.74) is 3.74. The predicted octanol–water partition coefficient (Wildman–Crippen LogP) is 3.05. The number of rotatable bonds is 6. The molecule has 1 fully saturated rings. The fourth-order valence-electron chi connectivity index (χ4n) is 3.52. The van der Waals surface area contributed by atoms with Gasteiger partial charge in [-0.05, 0) is 37.3 Å². The summed E-state index contributed by atoms with van der Waals surface area (Å²) >= 11 is 0. The van der Waals surface area contributed by atoms with Crippen molar-refractivity contribution in [1.29, 1.82) is 0 Å². The van der Waals surface area contributed by atoms with Gasteiger partial charge in [0.2, 0.25) is 0 Å². The van der Waals surface area contributed by atoms with Gasteiger partial charge >= 0.3 is 0 Å². The van der Waals surface area contributed by atoms with Crippen LogP contribution in [0.15, 0.2) is 54.7 Å². The van der Waals surface area contributed by atoms with Crippen LogP contribution in [-0.2, 0) is 4.74 Å². The monoisotopic (exact) mass is 408 g/mol. The Morgan fingerprint density at radius 3 is 2.67 bits per heavy atom. The average Bonchev–Trinajstić information content (AvgIpc) is 3.21. The summed E-state index contributed by atoms with van der Waals surface area (Å²) in [7, 11) is 0. The van der Waals surface area contributed by atoms with E-state index in [4.69, 9.17) is 4.74 Å². The SMILES string of the molecule is Cc1cccc(-c2nn(-c3ccc(F)cc3)cc2C(=O)NCCN2CCOCC2)c1. The van der Waals surface area contributed by atoms with Crippen molar-refractivity contribution in [3.8, 4) is 16.9 Å². The van der Waals surface area contributed by atoms with E-state index in [0.29, 0.717) is 23.5 Å². The lowest BCUT2D eigenvalue weighted by atomic mass is 10.1. The number of nitrogens with zero attached hydrogens (tertiary/aromatic N) is 3. The number of nitrogens with one attached hydrogen (secondary N) is 1. The molecule has 0 radical (unpaired) electrons. The molecule has 6 nitrogen and oxygen atoms in total. The van der Waals surface area contributed by atoms with Crippen molar-refractivity contribution in [2.45, 2.75) is 6.92 Å². The zero-order valence-electron chi connectivity index (χ0n) is 17.0. The lowest BCUT2D eigenvalue weighted by molar-refractivity contribution is 0.0383. The molecule has 1 aliphatic heterocycles. The molecular weight excluding hydrogens is 383 g/mol. The van der Waals surface area contributed by atoms with Gasteiger partial charge in [0.1, 0.15) is 11.5 Å². The molecule has 1 aliphatic rings. The normalized spacial score (nSPS) is 14.6. The topological polar surface area (TPSA) is 59.4 Å². The average molecular weight is 408 g/mol. The van der Waals surface area contributed by atoms with Gasteiger partial charge in [-0.25, -0.2) is 9.07 Å². The highest BCUT2D eigenvalue weighted by molar-refractivity contribution is 6.00. The summed E-state index contributed by atoms with van der Waals surface area (Å²) in [4.78, 5) is 15.3. The zero-order valence-corrected chi connectivity index (χ0v) is 17.0. The minimum absolute atomic E-state index is 0.173. The van der Waals surface area contributed by atoms with Crippen LogP contribution in [0.4, 0.5) is 4.39 Å². The van der Waals surface area contributed by atoms with E-state index in [2.05, 4.69) is 15.3 Å². The van der Waals surface area contributed by atoms with E-state index in [1.54, 1.807) is 23.0 Å². The second kappa shape index (κ2) is 9.19. The Balaban J connectivity index is 1.57. The fraction of sp³-hybridized carbons (Fsp3) is 0.304. The first-order valence-corrected chi connectivity index (χ1v) is 10.1. The Kier molecular flexibility index (Phi) is 6.21. The molecule has 0 atom stereocenters. The molecule has 0 bridgehead atoms. The molecule has 0 saturated carbocycles.